The van der Waals surface area contributed by atoms with Gasteiger partial charge >= 0.3 is 0 Å². The SMILES string of the molecule is Cc1c(C(=O)NC2CC2)nnn1-c1cccc2c1CCN(Cc1ccccc1)C2. The Kier molecular flexibility index (Phi) is 4.64. The summed E-state index contributed by atoms with van der Waals surface area (Å²) in [6.45, 7) is 4.80. The second-order valence-electron chi connectivity index (χ2n) is 8.04. The molecule has 3 aromatic rings. The Labute approximate surface area is 170 Å². The zero-order valence-corrected chi connectivity index (χ0v) is 16.6. The number of amides is 1. The van der Waals surface area contributed by atoms with E-state index in [1.807, 2.05) is 11.6 Å². The van der Waals surface area contributed by atoms with Crippen molar-refractivity contribution in [3.8, 4) is 5.69 Å². The van der Waals surface area contributed by atoms with E-state index in [0.29, 0.717) is 11.7 Å². The van der Waals surface area contributed by atoms with Crippen LogP contribution in [-0.2, 0) is 19.5 Å². The number of rotatable bonds is 5. The van der Waals surface area contributed by atoms with Gasteiger partial charge in [0.2, 0.25) is 0 Å². The summed E-state index contributed by atoms with van der Waals surface area (Å²) in [7, 11) is 0. The Morgan fingerprint density at radius 1 is 1.14 bits per heavy atom. The van der Waals surface area contributed by atoms with Gasteiger partial charge in [0.15, 0.2) is 5.69 Å². The van der Waals surface area contributed by atoms with E-state index >= 15 is 0 Å². The van der Waals surface area contributed by atoms with E-state index in [9.17, 15) is 4.79 Å². The van der Waals surface area contributed by atoms with Crippen LogP contribution in [0.15, 0.2) is 48.5 Å². The van der Waals surface area contributed by atoms with Gasteiger partial charge in [0.05, 0.1) is 11.4 Å². The molecule has 1 aliphatic carbocycles. The third-order valence-corrected chi connectivity index (χ3v) is 5.82. The highest BCUT2D eigenvalue weighted by atomic mass is 16.2. The molecule has 6 heteroatoms. The van der Waals surface area contributed by atoms with Crippen molar-refractivity contribution in [3.63, 3.8) is 0 Å². The zero-order valence-electron chi connectivity index (χ0n) is 16.6. The van der Waals surface area contributed by atoms with Gasteiger partial charge in [-0.3, -0.25) is 9.69 Å². The van der Waals surface area contributed by atoms with E-state index in [0.717, 1.165) is 50.3 Å². The van der Waals surface area contributed by atoms with Crippen LogP contribution in [-0.4, -0.2) is 38.4 Å². The molecule has 2 aromatic carbocycles. The highest BCUT2D eigenvalue weighted by Gasteiger charge is 2.27. The van der Waals surface area contributed by atoms with Crippen LogP contribution in [0.25, 0.3) is 5.69 Å². The predicted octanol–water partition coefficient (Wildman–Crippen LogP) is 3.03. The summed E-state index contributed by atoms with van der Waals surface area (Å²) >= 11 is 0. The molecule has 0 saturated heterocycles. The average Bonchev–Trinajstić information content (AvgIpc) is 3.47. The second-order valence-corrected chi connectivity index (χ2v) is 8.04. The summed E-state index contributed by atoms with van der Waals surface area (Å²) in [5.41, 5.74) is 6.23. The first kappa shape index (κ1) is 18.1. The molecule has 5 rings (SSSR count). The van der Waals surface area contributed by atoms with E-state index in [-0.39, 0.29) is 5.91 Å². The first-order valence-electron chi connectivity index (χ1n) is 10.3. The number of hydrogen-bond acceptors (Lipinski definition) is 4. The molecule has 2 aliphatic rings. The Morgan fingerprint density at radius 2 is 1.97 bits per heavy atom. The van der Waals surface area contributed by atoms with Crippen LogP contribution in [0.3, 0.4) is 0 Å². The van der Waals surface area contributed by atoms with Gasteiger partial charge in [-0.2, -0.15) is 0 Å². The summed E-state index contributed by atoms with van der Waals surface area (Å²) in [5.74, 6) is -0.116. The van der Waals surface area contributed by atoms with Crippen LogP contribution < -0.4 is 5.32 Å². The zero-order chi connectivity index (χ0) is 19.8. The van der Waals surface area contributed by atoms with Crippen LogP contribution in [0, 0.1) is 6.92 Å². The van der Waals surface area contributed by atoms with Crippen LogP contribution in [0.2, 0.25) is 0 Å². The maximum Gasteiger partial charge on any atom is 0.273 e. The molecule has 0 unspecified atom stereocenters. The molecule has 1 fully saturated rings. The Hall–Kier alpha value is -2.99. The topological polar surface area (TPSA) is 63.1 Å². The number of aromatic nitrogens is 3. The van der Waals surface area contributed by atoms with Gasteiger partial charge in [-0.25, -0.2) is 4.68 Å². The van der Waals surface area contributed by atoms with E-state index < -0.39 is 0 Å². The average molecular weight is 387 g/mol. The van der Waals surface area contributed by atoms with Crippen molar-refractivity contribution in [2.45, 2.75) is 45.3 Å². The second kappa shape index (κ2) is 7.44. The van der Waals surface area contributed by atoms with Crippen LogP contribution in [0.4, 0.5) is 0 Å². The number of nitrogens with one attached hydrogen (secondary N) is 1. The lowest BCUT2D eigenvalue weighted by Gasteiger charge is -2.30. The van der Waals surface area contributed by atoms with Gasteiger partial charge in [0.25, 0.3) is 5.91 Å². The summed E-state index contributed by atoms with van der Waals surface area (Å²) in [6.07, 6.45) is 3.08. The molecule has 1 aromatic heterocycles. The lowest BCUT2D eigenvalue weighted by molar-refractivity contribution is 0.0945. The fourth-order valence-corrected chi connectivity index (χ4v) is 4.07. The van der Waals surface area contributed by atoms with Crippen LogP contribution >= 0.6 is 0 Å². The minimum Gasteiger partial charge on any atom is -0.348 e. The number of benzene rings is 2. The maximum absolute atomic E-state index is 12.4. The molecule has 0 spiro atoms. The van der Waals surface area contributed by atoms with Crippen molar-refractivity contribution in [2.24, 2.45) is 0 Å². The van der Waals surface area contributed by atoms with Gasteiger partial charge in [0, 0.05) is 25.7 Å². The van der Waals surface area contributed by atoms with Gasteiger partial charge in [-0.1, -0.05) is 47.7 Å². The van der Waals surface area contributed by atoms with E-state index in [1.54, 1.807) is 0 Å². The molecular formula is C23H25N5O. The van der Waals surface area contributed by atoms with E-state index in [2.05, 4.69) is 69.1 Å². The first-order valence-corrected chi connectivity index (χ1v) is 10.3. The van der Waals surface area contributed by atoms with Gasteiger partial charge in [0.1, 0.15) is 0 Å². The van der Waals surface area contributed by atoms with E-state index in [4.69, 9.17) is 0 Å². The van der Waals surface area contributed by atoms with Crippen molar-refractivity contribution >= 4 is 5.91 Å². The molecule has 2 heterocycles. The summed E-state index contributed by atoms with van der Waals surface area (Å²) in [4.78, 5) is 14.9. The smallest absolute Gasteiger partial charge is 0.273 e. The summed E-state index contributed by atoms with van der Waals surface area (Å²) < 4.78 is 1.83. The minimum atomic E-state index is -0.116. The molecule has 148 valence electrons. The molecule has 0 atom stereocenters. The van der Waals surface area contributed by atoms with Crippen molar-refractivity contribution < 1.29 is 4.79 Å². The standard InChI is InChI=1S/C23H25N5O/c1-16-22(23(29)24-19-10-11-19)25-26-28(16)21-9-5-8-18-15-27(13-12-20(18)21)14-17-6-3-2-4-7-17/h2-9,19H,10-15H2,1H3,(H,24,29). The van der Waals surface area contributed by atoms with E-state index in [1.165, 1.54) is 16.7 Å². The number of carbonyl (C=O) groups excluding carboxylic acids is 1. The number of carbonyl (C=O) groups is 1. The first-order chi connectivity index (χ1) is 14.2. The minimum absolute atomic E-state index is 0.116. The third kappa shape index (κ3) is 3.68. The largest absolute Gasteiger partial charge is 0.348 e. The molecule has 1 saturated carbocycles. The molecule has 0 radical (unpaired) electrons. The monoisotopic (exact) mass is 387 g/mol. The normalized spacial score (nSPS) is 16.4. The fourth-order valence-electron chi connectivity index (χ4n) is 4.07. The predicted molar refractivity (Wildman–Crippen MR) is 111 cm³/mol. The van der Waals surface area contributed by atoms with Crippen molar-refractivity contribution in [1.82, 2.24) is 25.2 Å². The van der Waals surface area contributed by atoms with Crippen LogP contribution in [0.5, 0.6) is 0 Å². The summed E-state index contributed by atoms with van der Waals surface area (Å²) in [6, 6.07) is 17.3. The van der Waals surface area contributed by atoms with Crippen molar-refractivity contribution in [3.05, 3.63) is 76.6 Å². The Bertz CT molecular complexity index is 1040. The highest BCUT2D eigenvalue weighted by Crippen LogP contribution is 2.27. The van der Waals surface area contributed by atoms with Crippen molar-refractivity contribution in [1.29, 1.82) is 0 Å². The van der Waals surface area contributed by atoms with Crippen LogP contribution in [0.1, 0.15) is 45.7 Å². The Morgan fingerprint density at radius 3 is 2.76 bits per heavy atom. The van der Waals surface area contributed by atoms with Crippen molar-refractivity contribution in [2.75, 3.05) is 6.54 Å². The molecule has 1 aliphatic heterocycles. The molecule has 29 heavy (non-hydrogen) atoms. The molecule has 6 nitrogen and oxygen atoms in total. The lowest BCUT2D eigenvalue weighted by atomic mass is 9.97. The lowest BCUT2D eigenvalue weighted by Crippen LogP contribution is -2.31. The maximum atomic E-state index is 12.4. The quantitative estimate of drug-likeness (QED) is 0.731. The highest BCUT2D eigenvalue weighted by molar-refractivity contribution is 5.93. The van der Waals surface area contributed by atoms with Gasteiger partial charge in [-0.05, 0) is 48.9 Å². The molecule has 1 amide bonds. The molecule has 1 N–H and O–H groups in total. The number of fused-ring (bicyclic) bond motifs is 1. The van der Waals surface area contributed by atoms with Gasteiger partial charge in [-0.15, -0.1) is 5.10 Å². The molecular weight excluding hydrogens is 362 g/mol. The Balaban J connectivity index is 1.39. The third-order valence-electron chi connectivity index (χ3n) is 5.82. The number of nitrogens with zero attached hydrogens (tertiary/aromatic N) is 4. The summed E-state index contributed by atoms with van der Waals surface area (Å²) in [5, 5.41) is 11.5. The molecule has 0 bridgehead atoms. The number of hydrogen-bond donors (Lipinski definition) is 1. The van der Waals surface area contributed by atoms with Gasteiger partial charge < -0.3 is 5.32 Å². The fraction of sp³-hybridized carbons (Fsp3) is 0.348.